The van der Waals surface area contributed by atoms with Crippen LogP contribution in [-0.2, 0) is 22.7 Å². The van der Waals surface area contributed by atoms with Crippen LogP contribution < -0.4 is 9.47 Å². The van der Waals surface area contributed by atoms with E-state index in [-0.39, 0.29) is 5.97 Å². The fourth-order valence-electron chi connectivity index (χ4n) is 8.12. The highest BCUT2D eigenvalue weighted by Gasteiger charge is 2.52. The molecule has 0 spiro atoms. The molecule has 0 unspecified atom stereocenters. The second kappa shape index (κ2) is 23.7. The van der Waals surface area contributed by atoms with Crippen LogP contribution in [0.15, 0.2) is 72.8 Å². The van der Waals surface area contributed by atoms with Crippen LogP contribution in [0.5, 0.6) is 11.5 Å². The van der Waals surface area contributed by atoms with Crippen LogP contribution in [0.1, 0.15) is 196 Å². The lowest BCUT2D eigenvalue weighted by atomic mass is 9.89. The average Bonchev–Trinajstić information content (AvgIpc) is 3.44. The van der Waals surface area contributed by atoms with Crippen molar-refractivity contribution in [2.24, 2.45) is 0 Å². The molecule has 0 N–H and O–H groups in total. The molecule has 5 nitrogen and oxygen atoms in total. The number of unbranched alkanes of at least 4 members (excludes halogenated alkanes) is 18. The fourth-order valence-corrected chi connectivity index (χ4v) is 8.12. The largest absolute Gasteiger partial charge is 0.494 e. The Morgan fingerprint density at radius 2 is 0.944 bits per heavy atom. The predicted octanol–water partition coefficient (Wildman–Crippen LogP) is 14.2. The molecule has 1 aliphatic rings. The van der Waals surface area contributed by atoms with E-state index in [1.165, 1.54) is 133 Å². The van der Waals surface area contributed by atoms with E-state index in [2.05, 4.69) is 26.0 Å². The first-order valence-corrected chi connectivity index (χ1v) is 21.9. The number of hydrogen-bond acceptors (Lipinski definition) is 4. The Morgan fingerprint density at radius 1 is 0.537 bits per heavy atom. The third-order valence-corrected chi connectivity index (χ3v) is 11.9. The van der Waals surface area contributed by atoms with Gasteiger partial charge in [0.2, 0.25) is 0 Å². The van der Waals surface area contributed by atoms with Crippen LogP contribution in [0.4, 0.5) is 0 Å². The summed E-state index contributed by atoms with van der Waals surface area (Å²) >= 11 is 0. The van der Waals surface area contributed by atoms with Crippen molar-refractivity contribution in [1.82, 2.24) is 5.06 Å². The molecule has 1 fully saturated rings. The molecule has 0 amide bonds. The average molecular weight is 739 g/mol. The van der Waals surface area contributed by atoms with Crippen LogP contribution in [0.2, 0.25) is 0 Å². The minimum Gasteiger partial charge on any atom is -0.494 e. The van der Waals surface area contributed by atoms with Crippen molar-refractivity contribution >= 4 is 5.97 Å². The van der Waals surface area contributed by atoms with Crippen molar-refractivity contribution in [2.45, 2.75) is 186 Å². The Morgan fingerprint density at radius 3 is 1.43 bits per heavy atom. The number of benzene rings is 3. The summed E-state index contributed by atoms with van der Waals surface area (Å²) in [6.45, 7) is 9.32. The fraction of sp³-hybridized carbons (Fsp3) is 0.612. The standard InChI is InChI=1S/C49H72NO4/c1-5-7-9-11-13-15-17-19-21-23-25-41-26-34-46(35-27-41)54-47(51)42-28-30-43(31-29-42)48(3)38-39-49(4,50(48)52)44-32-36-45(37-33-44)53-40-24-22-20-18-16-14-12-10-8-6-2/h26-37H,5-25,38-40H2,1-4H3/t48-,49-/m1/s1. The molecule has 54 heavy (non-hydrogen) atoms. The summed E-state index contributed by atoms with van der Waals surface area (Å²) in [6, 6.07) is 23.4. The summed E-state index contributed by atoms with van der Waals surface area (Å²) in [4.78, 5) is 13.0. The molecule has 1 radical (unpaired) electrons. The Kier molecular flexibility index (Phi) is 19.1. The molecule has 1 saturated heterocycles. The van der Waals surface area contributed by atoms with Gasteiger partial charge in [0.25, 0.3) is 0 Å². The van der Waals surface area contributed by atoms with Crippen molar-refractivity contribution in [2.75, 3.05) is 6.61 Å². The number of hydroxylamine groups is 2. The van der Waals surface area contributed by atoms with E-state index < -0.39 is 11.1 Å². The number of aryl methyl sites for hydroxylation is 1. The van der Waals surface area contributed by atoms with Crippen molar-refractivity contribution in [3.63, 3.8) is 0 Å². The highest BCUT2D eigenvalue weighted by molar-refractivity contribution is 5.91. The van der Waals surface area contributed by atoms with Gasteiger partial charge in [-0.05, 0) is 99.0 Å². The number of hydrogen-bond donors (Lipinski definition) is 0. The maximum Gasteiger partial charge on any atom is 0.343 e. The molecule has 0 bridgehead atoms. The molecule has 0 aliphatic carbocycles. The Bertz CT molecular complexity index is 1450. The summed E-state index contributed by atoms with van der Waals surface area (Å²) in [6.07, 6.45) is 29.0. The molecule has 3 aromatic rings. The van der Waals surface area contributed by atoms with E-state index in [0.717, 1.165) is 49.2 Å². The van der Waals surface area contributed by atoms with Gasteiger partial charge < -0.3 is 9.47 Å². The third kappa shape index (κ3) is 13.6. The van der Waals surface area contributed by atoms with Crippen LogP contribution in [0.3, 0.4) is 0 Å². The monoisotopic (exact) mass is 739 g/mol. The number of esters is 1. The second-order valence-electron chi connectivity index (χ2n) is 16.4. The highest BCUT2D eigenvalue weighted by Crippen LogP contribution is 2.51. The van der Waals surface area contributed by atoms with Crippen LogP contribution in [-0.4, -0.2) is 17.6 Å². The van der Waals surface area contributed by atoms with Crippen LogP contribution >= 0.6 is 0 Å². The smallest absolute Gasteiger partial charge is 0.343 e. The molecule has 3 aromatic carbocycles. The lowest BCUT2D eigenvalue weighted by Gasteiger charge is -2.37. The minimum absolute atomic E-state index is 0.389. The molecule has 1 aliphatic heterocycles. The summed E-state index contributed by atoms with van der Waals surface area (Å²) in [5.41, 5.74) is 2.31. The maximum atomic E-state index is 14.1. The van der Waals surface area contributed by atoms with Crippen molar-refractivity contribution in [3.05, 3.63) is 95.1 Å². The van der Waals surface area contributed by atoms with Crippen molar-refractivity contribution in [3.8, 4) is 11.5 Å². The van der Waals surface area contributed by atoms with E-state index in [9.17, 15) is 10.0 Å². The Hall–Kier alpha value is -3.15. The van der Waals surface area contributed by atoms with Gasteiger partial charge in [-0.15, -0.1) is 10.3 Å². The predicted molar refractivity (Wildman–Crippen MR) is 224 cm³/mol. The third-order valence-electron chi connectivity index (χ3n) is 11.9. The lowest BCUT2D eigenvalue weighted by molar-refractivity contribution is -0.260. The van der Waals surface area contributed by atoms with Gasteiger partial charge in [0.05, 0.1) is 23.2 Å². The number of carbonyl (C=O) groups is 1. The molecule has 1 heterocycles. The number of ether oxygens (including phenoxy) is 2. The van der Waals surface area contributed by atoms with Gasteiger partial charge in [-0.2, -0.15) is 0 Å². The summed E-state index contributed by atoms with van der Waals surface area (Å²) < 4.78 is 11.8. The molecule has 297 valence electrons. The molecule has 4 rings (SSSR count). The van der Waals surface area contributed by atoms with E-state index in [0.29, 0.717) is 11.3 Å². The zero-order valence-electron chi connectivity index (χ0n) is 34.5. The first-order valence-electron chi connectivity index (χ1n) is 21.9. The first-order chi connectivity index (χ1) is 26.3. The van der Waals surface area contributed by atoms with E-state index in [4.69, 9.17) is 9.47 Å². The van der Waals surface area contributed by atoms with Crippen LogP contribution in [0.25, 0.3) is 0 Å². The molecular weight excluding hydrogens is 667 g/mol. The summed E-state index contributed by atoms with van der Waals surface area (Å²) in [5.74, 6) is 1.02. The van der Waals surface area contributed by atoms with Gasteiger partial charge >= 0.3 is 5.97 Å². The van der Waals surface area contributed by atoms with Gasteiger partial charge in [-0.25, -0.2) is 4.79 Å². The molecule has 0 aromatic heterocycles. The van der Waals surface area contributed by atoms with E-state index in [1.807, 2.05) is 62.4 Å². The molecule has 5 heteroatoms. The number of nitrogens with zero attached hydrogens (tertiary/aromatic N) is 1. The van der Waals surface area contributed by atoms with Crippen LogP contribution in [0, 0.1) is 0 Å². The quantitative estimate of drug-likeness (QED) is 0.0444. The first kappa shape index (κ1) is 43.6. The minimum atomic E-state index is -0.702. The molecule has 0 saturated carbocycles. The number of rotatable bonds is 27. The van der Waals surface area contributed by atoms with Crippen molar-refractivity contribution in [1.29, 1.82) is 0 Å². The summed E-state index contributed by atoms with van der Waals surface area (Å²) in [7, 11) is 0. The number of carbonyl (C=O) groups excluding carboxylic acids is 1. The zero-order valence-corrected chi connectivity index (χ0v) is 34.5. The normalized spacial score (nSPS) is 18.6. The molecular formula is C49H72NO4. The Labute approximate surface area is 329 Å². The van der Waals surface area contributed by atoms with Gasteiger partial charge in [0.1, 0.15) is 11.5 Å². The van der Waals surface area contributed by atoms with Crippen molar-refractivity contribution < 1.29 is 19.5 Å². The van der Waals surface area contributed by atoms with Gasteiger partial charge in [0.15, 0.2) is 0 Å². The summed E-state index contributed by atoms with van der Waals surface area (Å²) in [5, 5.41) is 15.3. The molecule has 2 atom stereocenters. The SMILES string of the molecule is CCCCCCCCCCCCOc1ccc([C@@]2(C)CC[C@](C)(c3ccc(C(=O)Oc4ccc(CCCCCCCCCCCC)cc4)cc3)N2[O])cc1. The maximum absolute atomic E-state index is 14.1. The van der Waals surface area contributed by atoms with Gasteiger partial charge in [-0.3, -0.25) is 0 Å². The lowest BCUT2D eigenvalue weighted by Crippen LogP contribution is -2.44. The van der Waals surface area contributed by atoms with E-state index >= 15 is 0 Å². The highest BCUT2D eigenvalue weighted by atomic mass is 16.5. The topological polar surface area (TPSA) is 58.7 Å². The second-order valence-corrected chi connectivity index (χ2v) is 16.4. The van der Waals surface area contributed by atoms with Gasteiger partial charge in [-0.1, -0.05) is 166 Å². The van der Waals surface area contributed by atoms with E-state index in [1.54, 1.807) is 12.1 Å². The zero-order chi connectivity index (χ0) is 38.5. The van der Waals surface area contributed by atoms with Gasteiger partial charge in [0, 0.05) is 0 Å². The Balaban J connectivity index is 1.17.